The second kappa shape index (κ2) is 9.24. The maximum Gasteiger partial charge on any atom is 0.246 e. The molecular formula is C17H24N2O5. The van der Waals surface area contributed by atoms with E-state index in [0.717, 1.165) is 5.75 Å². The van der Waals surface area contributed by atoms with Gasteiger partial charge in [0, 0.05) is 19.8 Å². The Morgan fingerprint density at radius 2 is 1.88 bits per heavy atom. The topological polar surface area (TPSA) is 99.9 Å². The number of hydrogen-bond donors (Lipinski definition) is 2. The molecule has 2 rings (SSSR count). The first-order valence-corrected chi connectivity index (χ1v) is 8.02. The number of primary amides is 1. The predicted molar refractivity (Wildman–Crippen MR) is 87.4 cm³/mol. The highest BCUT2D eigenvalue weighted by molar-refractivity contribution is 5.83. The molecule has 0 radical (unpaired) electrons. The summed E-state index contributed by atoms with van der Waals surface area (Å²) in [4.78, 5) is 23.5. The van der Waals surface area contributed by atoms with Crippen molar-refractivity contribution < 1.29 is 23.8 Å². The second-order valence-electron chi connectivity index (χ2n) is 5.75. The van der Waals surface area contributed by atoms with E-state index < -0.39 is 11.3 Å². The zero-order chi connectivity index (χ0) is 17.3. The number of nitrogens with one attached hydrogen (secondary N) is 1. The van der Waals surface area contributed by atoms with Gasteiger partial charge in [-0.1, -0.05) is 18.2 Å². The normalized spacial score (nSPS) is 16.3. The standard InChI is InChI=1S/C17H24N2O5/c18-16(21)17(6-8-22-9-7-17)13-19-15(20)12-23-10-11-24-14-4-2-1-3-5-14/h1-5H,6-13H2,(H2,18,21)(H,19,20). The number of para-hydroxylation sites is 1. The average Bonchev–Trinajstić information content (AvgIpc) is 2.61. The third-order valence-electron chi connectivity index (χ3n) is 4.07. The second-order valence-corrected chi connectivity index (χ2v) is 5.75. The fourth-order valence-corrected chi connectivity index (χ4v) is 2.49. The van der Waals surface area contributed by atoms with Crippen molar-refractivity contribution in [2.75, 3.05) is 39.6 Å². The van der Waals surface area contributed by atoms with Gasteiger partial charge in [0.15, 0.2) is 0 Å². The van der Waals surface area contributed by atoms with E-state index in [4.69, 9.17) is 19.9 Å². The van der Waals surface area contributed by atoms with Crippen LogP contribution in [0.5, 0.6) is 5.75 Å². The van der Waals surface area contributed by atoms with Crippen LogP contribution in [-0.2, 0) is 19.1 Å². The molecule has 1 aliphatic heterocycles. The molecule has 0 atom stereocenters. The summed E-state index contributed by atoms with van der Waals surface area (Å²) >= 11 is 0. The summed E-state index contributed by atoms with van der Waals surface area (Å²) in [6.07, 6.45) is 1.04. The number of carbonyl (C=O) groups excluding carboxylic acids is 2. The van der Waals surface area contributed by atoms with Crippen molar-refractivity contribution in [2.24, 2.45) is 11.1 Å². The van der Waals surface area contributed by atoms with Gasteiger partial charge in [-0.25, -0.2) is 0 Å². The molecule has 1 fully saturated rings. The molecule has 1 heterocycles. The van der Waals surface area contributed by atoms with Gasteiger partial charge in [0.05, 0.1) is 12.0 Å². The Balaban J connectivity index is 1.61. The van der Waals surface area contributed by atoms with Crippen LogP contribution in [0.1, 0.15) is 12.8 Å². The van der Waals surface area contributed by atoms with Crippen LogP contribution in [0.2, 0.25) is 0 Å². The van der Waals surface area contributed by atoms with E-state index in [0.29, 0.717) is 39.3 Å². The lowest BCUT2D eigenvalue weighted by Crippen LogP contribution is -2.50. The quantitative estimate of drug-likeness (QED) is 0.639. The highest BCUT2D eigenvalue weighted by Crippen LogP contribution is 2.29. The number of rotatable bonds is 9. The van der Waals surface area contributed by atoms with Crippen molar-refractivity contribution in [3.63, 3.8) is 0 Å². The number of carbonyl (C=O) groups is 2. The molecule has 0 aromatic heterocycles. The number of amides is 2. The highest BCUT2D eigenvalue weighted by Gasteiger charge is 2.38. The van der Waals surface area contributed by atoms with Crippen molar-refractivity contribution in [1.82, 2.24) is 5.32 Å². The lowest BCUT2D eigenvalue weighted by molar-refractivity contribution is -0.134. The first kappa shape index (κ1) is 18.2. The van der Waals surface area contributed by atoms with Gasteiger partial charge in [-0.2, -0.15) is 0 Å². The maximum atomic E-state index is 11.8. The predicted octanol–water partition coefficient (Wildman–Crippen LogP) is 0.480. The number of ether oxygens (including phenoxy) is 3. The molecule has 7 heteroatoms. The Labute approximate surface area is 141 Å². The third-order valence-corrected chi connectivity index (χ3v) is 4.07. The summed E-state index contributed by atoms with van der Waals surface area (Å²) in [7, 11) is 0. The molecule has 24 heavy (non-hydrogen) atoms. The number of nitrogens with two attached hydrogens (primary N) is 1. The van der Waals surface area contributed by atoms with E-state index in [9.17, 15) is 9.59 Å². The van der Waals surface area contributed by atoms with E-state index in [-0.39, 0.29) is 19.1 Å². The summed E-state index contributed by atoms with van der Waals surface area (Å²) in [5, 5.41) is 2.72. The van der Waals surface area contributed by atoms with Crippen LogP contribution in [0.3, 0.4) is 0 Å². The number of hydrogen-bond acceptors (Lipinski definition) is 5. The molecule has 1 aliphatic rings. The van der Waals surface area contributed by atoms with Gasteiger partial charge in [0.1, 0.15) is 19.0 Å². The van der Waals surface area contributed by atoms with Crippen LogP contribution < -0.4 is 15.8 Å². The third kappa shape index (κ3) is 5.50. The molecule has 1 aromatic carbocycles. The van der Waals surface area contributed by atoms with E-state index in [1.165, 1.54) is 0 Å². The Morgan fingerprint density at radius 1 is 1.17 bits per heavy atom. The molecule has 7 nitrogen and oxygen atoms in total. The van der Waals surface area contributed by atoms with Crippen LogP contribution in [0, 0.1) is 5.41 Å². The molecule has 0 unspecified atom stereocenters. The Morgan fingerprint density at radius 3 is 2.54 bits per heavy atom. The summed E-state index contributed by atoms with van der Waals surface area (Å²) in [5.74, 6) is 0.0820. The van der Waals surface area contributed by atoms with Crippen LogP contribution in [0.4, 0.5) is 0 Å². The molecule has 0 spiro atoms. The summed E-state index contributed by atoms with van der Waals surface area (Å²) in [5.41, 5.74) is 4.77. The van der Waals surface area contributed by atoms with E-state index in [2.05, 4.69) is 5.32 Å². The molecule has 0 bridgehead atoms. The fraction of sp³-hybridized carbons (Fsp3) is 0.529. The lowest BCUT2D eigenvalue weighted by atomic mass is 9.79. The molecule has 0 saturated carbocycles. The zero-order valence-electron chi connectivity index (χ0n) is 13.7. The van der Waals surface area contributed by atoms with Crippen LogP contribution in [-0.4, -0.2) is 51.4 Å². The van der Waals surface area contributed by atoms with Crippen molar-refractivity contribution in [2.45, 2.75) is 12.8 Å². The number of benzene rings is 1. The maximum absolute atomic E-state index is 11.8. The van der Waals surface area contributed by atoms with Gasteiger partial charge in [0.25, 0.3) is 0 Å². The van der Waals surface area contributed by atoms with Crippen molar-refractivity contribution in [3.05, 3.63) is 30.3 Å². The molecule has 1 aromatic rings. The van der Waals surface area contributed by atoms with Gasteiger partial charge in [-0.15, -0.1) is 0 Å². The smallest absolute Gasteiger partial charge is 0.246 e. The molecule has 1 saturated heterocycles. The molecule has 3 N–H and O–H groups in total. The van der Waals surface area contributed by atoms with Crippen molar-refractivity contribution >= 4 is 11.8 Å². The first-order chi connectivity index (χ1) is 11.6. The molecule has 132 valence electrons. The minimum atomic E-state index is -0.718. The van der Waals surface area contributed by atoms with E-state index in [1.54, 1.807) is 0 Å². The Kier molecular flexibility index (Phi) is 7.02. The fourth-order valence-electron chi connectivity index (χ4n) is 2.49. The summed E-state index contributed by atoms with van der Waals surface area (Å²) in [6.45, 7) is 1.76. The molecule has 0 aliphatic carbocycles. The molecular weight excluding hydrogens is 312 g/mol. The highest BCUT2D eigenvalue weighted by atomic mass is 16.5. The molecule has 2 amide bonds. The van der Waals surface area contributed by atoms with Crippen LogP contribution in [0.25, 0.3) is 0 Å². The lowest BCUT2D eigenvalue weighted by Gasteiger charge is -2.34. The van der Waals surface area contributed by atoms with Crippen LogP contribution >= 0.6 is 0 Å². The van der Waals surface area contributed by atoms with Gasteiger partial charge in [-0.3, -0.25) is 9.59 Å². The van der Waals surface area contributed by atoms with Gasteiger partial charge in [-0.05, 0) is 25.0 Å². The average molecular weight is 336 g/mol. The van der Waals surface area contributed by atoms with E-state index >= 15 is 0 Å². The SMILES string of the molecule is NC(=O)C1(CNC(=O)COCCOc2ccccc2)CCOCC1. The Hall–Kier alpha value is -2.12. The first-order valence-electron chi connectivity index (χ1n) is 8.02. The Bertz CT molecular complexity index is 529. The summed E-state index contributed by atoms with van der Waals surface area (Å²) in [6, 6.07) is 9.38. The summed E-state index contributed by atoms with van der Waals surface area (Å²) < 4.78 is 16.0. The monoisotopic (exact) mass is 336 g/mol. The van der Waals surface area contributed by atoms with Gasteiger partial charge in [0.2, 0.25) is 11.8 Å². The van der Waals surface area contributed by atoms with Crippen molar-refractivity contribution in [3.8, 4) is 5.75 Å². The minimum Gasteiger partial charge on any atom is -0.491 e. The van der Waals surface area contributed by atoms with E-state index in [1.807, 2.05) is 30.3 Å². The van der Waals surface area contributed by atoms with Gasteiger partial charge >= 0.3 is 0 Å². The minimum absolute atomic E-state index is 0.0799. The van der Waals surface area contributed by atoms with Crippen molar-refractivity contribution in [1.29, 1.82) is 0 Å². The largest absolute Gasteiger partial charge is 0.491 e. The van der Waals surface area contributed by atoms with Crippen LogP contribution in [0.15, 0.2) is 30.3 Å². The van der Waals surface area contributed by atoms with Gasteiger partial charge < -0.3 is 25.3 Å². The zero-order valence-corrected chi connectivity index (χ0v) is 13.7.